The molecule has 2 aromatic rings. The number of sulfonamides is 1. The van der Waals surface area contributed by atoms with Gasteiger partial charge in [-0.05, 0) is 56.2 Å². The Morgan fingerprint density at radius 3 is 2.52 bits per heavy atom. The second kappa shape index (κ2) is 9.65. The topological polar surface area (TPSA) is 84.9 Å². The third-order valence-electron chi connectivity index (χ3n) is 4.05. The number of nitrogens with one attached hydrogen (secondary N) is 1. The zero-order valence-corrected chi connectivity index (χ0v) is 18.2. The van der Waals surface area contributed by atoms with Crippen LogP contribution in [-0.2, 0) is 21.4 Å². The molecule has 0 unspecified atom stereocenters. The van der Waals surface area contributed by atoms with Gasteiger partial charge >= 0.3 is 0 Å². The van der Waals surface area contributed by atoms with Gasteiger partial charge in [-0.2, -0.15) is 0 Å². The highest BCUT2D eigenvalue weighted by Crippen LogP contribution is 2.30. The van der Waals surface area contributed by atoms with Gasteiger partial charge in [0.15, 0.2) is 0 Å². The molecule has 8 heteroatoms. The lowest BCUT2D eigenvalue weighted by Gasteiger charge is -2.24. The number of rotatable bonds is 9. The molecular weight excluding hydrogens is 392 g/mol. The smallest absolute Gasteiger partial charge is 0.241 e. The number of carbonyl (C=O) groups is 1. The summed E-state index contributed by atoms with van der Waals surface area (Å²) in [6.45, 7) is 5.63. The van der Waals surface area contributed by atoms with Crippen molar-refractivity contribution in [2.24, 2.45) is 0 Å². The largest absolute Gasteiger partial charge is 0.495 e. The van der Waals surface area contributed by atoms with E-state index in [1.807, 2.05) is 51.1 Å². The van der Waals surface area contributed by atoms with Gasteiger partial charge in [0.05, 0.1) is 25.2 Å². The number of methoxy groups -OCH3 is 1. The molecule has 0 atom stereocenters. The van der Waals surface area contributed by atoms with Crippen LogP contribution in [0.2, 0.25) is 0 Å². The normalized spacial score (nSPS) is 11.2. The molecule has 0 aliphatic carbocycles. The van der Waals surface area contributed by atoms with Crippen LogP contribution in [-0.4, -0.2) is 40.3 Å². The Hall–Kier alpha value is -2.74. The molecule has 0 saturated heterocycles. The van der Waals surface area contributed by atoms with Crippen molar-refractivity contribution < 1.29 is 22.7 Å². The molecule has 158 valence electrons. The van der Waals surface area contributed by atoms with E-state index in [4.69, 9.17) is 9.47 Å². The lowest BCUT2D eigenvalue weighted by molar-refractivity contribution is -0.119. The highest BCUT2D eigenvalue weighted by Gasteiger charge is 2.24. The first kappa shape index (κ1) is 22.5. The molecule has 0 spiro atoms. The molecule has 0 aromatic heterocycles. The summed E-state index contributed by atoms with van der Waals surface area (Å²) in [5, 5.41) is 2.76. The van der Waals surface area contributed by atoms with Crippen LogP contribution < -0.4 is 19.1 Å². The molecule has 0 aliphatic rings. The number of hydrogen-bond donors (Lipinski definition) is 1. The first-order valence-corrected chi connectivity index (χ1v) is 11.1. The van der Waals surface area contributed by atoms with Gasteiger partial charge in [0, 0.05) is 6.54 Å². The predicted molar refractivity (Wildman–Crippen MR) is 114 cm³/mol. The lowest BCUT2D eigenvalue weighted by atomic mass is 10.2. The Kier molecular flexibility index (Phi) is 7.50. The minimum atomic E-state index is -3.69. The van der Waals surface area contributed by atoms with Crippen molar-refractivity contribution in [1.82, 2.24) is 5.32 Å². The Balaban J connectivity index is 2.13. The molecule has 0 bridgehead atoms. The highest BCUT2D eigenvalue weighted by atomic mass is 32.2. The fraction of sp³-hybridized carbons (Fsp3) is 0.381. The summed E-state index contributed by atoms with van der Waals surface area (Å²) in [5.74, 6) is 0.676. The van der Waals surface area contributed by atoms with Gasteiger partial charge in [0.1, 0.15) is 18.0 Å². The van der Waals surface area contributed by atoms with E-state index >= 15 is 0 Å². The molecule has 2 rings (SSSR count). The molecule has 0 radical (unpaired) electrons. The monoisotopic (exact) mass is 420 g/mol. The summed E-state index contributed by atoms with van der Waals surface area (Å²) >= 11 is 0. The minimum Gasteiger partial charge on any atom is -0.495 e. The van der Waals surface area contributed by atoms with Crippen molar-refractivity contribution in [3.8, 4) is 11.5 Å². The van der Waals surface area contributed by atoms with Crippen LogP contribution in [0, 0.1) is 6.92 Å². The maximum atomic E-state index is 12.5. The number of anilines is 1. The summed E-state index contributed by atoms with van der Waals surface area (Å²) in [4.78, 5) is 12.5. The zero-order valence-electron chi connectivity index (χ0n) is 17.4. The molecule has 1 N–H and O–H groups in total. The summed E-state index contributed by atoms with van der Waals surface area (Å²) in [6, 6.07) is 12.6. The predicted octanol–water partition coefficient (Wildman–Crippen LogP) is 2.87. The van der Waals surface area contributed by atoms with Crippen molar-refractivity contribution >= 4 is 21.6 Å². The first-order valence-electron chi connectivity index (χ1n) is 9.25. The van der Waals surface area contributed by atoms with E-state index in [-0.39, 0.29) is 19.2 Å². The maximum absolute atomic E-state index is 12.5. The van der Waals surface area contributed by atoms with Crippen LogP contribution in [0.25, 0.3) is 0 Å². The van der Waals surface area contributed by atoms with Crippen LogP contribution in [0.3, 0.4) is 0 Å². The van der Waals surface area contributed by atoms with Crippen molar-refractivity contribution in [1.29, 1.82) is 0 Å². The number of carbonyl (C=O) groups excluding carboxylic acids is 1. The van der Waals surface area contributed by atoms with Crippen LogP contribution >= 0.6 is 0 Å². The SMILES string of the molecule is COc1ccc(C)cc1N(CC(=O)NCc1cccc(OC(C)C)c1)S(C)(=O)=O. The molecular formula is C21H28N2O5S. The van der Waals surface area contributed by atoms with E-state index in [1.165, 1.54) is 7.11 Å². The number of aryl methyl sites for hydroxylation is 1. The Morgan fingerprint density at radius 2 is 1.90 bits per heavy atom. The molecule has 0 saturated carbocycles. The fourth-order valence-corrected chi connectivity index (χ4v) is 3.62. The Labute approximate surface area is 172 Å². The minimum absolute atomic E-state index is 0.0486. The van der Waals surface area contributed by atoms with Crippen molar-refractivity contribution in [2.75, 3.05) is 24.2 Å². The van der Waals surface area contributed by atoms with Crippen molar-refractivity contribution in [3.05, 3.63) is 53.6 Å². The van der Waals surface area contributed by atoms with Crippen LogP contribution in [0.1, 0.15) is 25.0 Å². The van der Waals surface area contributed by atoms with Gasteiger partial charge in [0.2, 0.25) is 15.9 Å². The first-order chi connectivity index (χ1) is 13.6. The number of ether oxygens (including phenoxy) is 2. The standard InChI is InChI=1S/C21H28N2O5S/c1-15(2)28-18-8-6-7-17(12-18)13-22-21(24)14-23(29(5,25)26)19-11-16(3)9-10-20(19)27-4/h6-12,15H,13-14H2,1-5H3,(H,22,24). The Bertz CT molecular complexity index is 957. The molecule has 0 heterocycles. The van der Waals surface area contributed by atoms with Crippen molar-refractivity contribution in [2.45, 2.75) is 33.4 Å². The molecule has 29 heavy (non-hydrogen) atoms. The van der Waals surface area contributed by atoms with Gasteiger partial charge in [-0.1, -0.05) is 18.2 Å². The van der Waals surface area contributed by atoms with E-state index < -0.39 is 15.9 Å². The number of amides is 1. The molecule has 1 amide bonds. The number of nitrogens with zero attached hydrogens (tertiary/aromatic N) is 1. The average Bonchev–Trinajstić information content (AvgIpc) is 2.63. The van der Waals surface area contributed by atoms with E-state index in [0.717, 1.165) is 21.7 Å². The van der Waals surface area contributed by atoms with E-state index in [9.17, 15) is 13.2 Å². The lowest BCUT2D eigenvalue weighted by Crippen LogP contribution is -2.40. The van der Waals surface area contributed by atoms with Gasteiger partial charge in [-0.15, -0.1) is 0 Å². The van der Waals surface area contributed by atoms with E-state index in [2.05, 4.69) is 5.32 Å². The summed E-state index contributed by atoms with van der Waals surface area (Å²) in [6.07, 6.45) is 1.11. The molecule has 0 aliphatic heterocycles. The second-order valence-electron chi connectivity index (χ2n) is 7.04. The van der Waals surface area contributed by atoms with Gasteiger partial charge in [-0.25, -0.2) is 8.42 Å². The fourth-order valence-electron chi connectivity index (χ4n) is 2.76. The quantitative estimate of drug-likeness (QED) is 0.674. The van der Waals surface area contributed by atoms with Crippen LogP contribution in [0.4, 0.5) is 5.69 Å². The average molecular weight is 421 g/mol. The van der Waals surface area contributed by atoms with Gasteiger partial charge in [0.25, 0.3) is 0 Å². The summed E-state index contributed by atoms with van der Waals surface area (Å²) in [7, 11) is -2.23. The number of hydrogen-bond acceptors (Lipinski definition) is 5. The van der Waals surface area contributed by atoms with E-state index in [0.29, 0.717) is 17.2 Å². The summed E-state index contributed by atoms with van der Waals surface area (Å²) < 4.78 is 36.7. The van der Waals surface area contributed by atoms with Crippen LogP contribution in [0.5, 0.6) is 11.5 Å². The second-order valence-corrected chi connectivity index (χ2v) is 8.94. The molecule has 0 fully saturated rings. The molecule has 7 nitrogen and oxygen atoms in total. The summed E-state index contributed by atoms with van der Waals surface area (Å²) in [5.41, 5.74) is 2.05. The van der Waals surface area contributed by atoms with Crippen molar-refractivity contribution in [3.63, 3.8) is 0 Å². The van der Waals surface area contributed by atoms with Gasteiger partial charge < -0.3 is 14.8 Å². The molecule has 2 aromatic carbocycles. The third kappa shape index (κ3) is 6.67. The highest BCUT2D eigenvalue weighted by molar-refractivity contribution is 7.92. The van der Waals surface area contributed by atoms with E-state index in [1.54, 1.807) is 12.1 Å². The maximum Gasteiger partial charge on any atom is 0.241 e. The van der Waals surface area contributed by atoms with Crippen LogP contribution in [0.15, 0.2) is 42.5 Å². The third-order valence-corrected chi connectivity index (χ3v) is 5.18. The van der Waals surface area contributed by atoms with Gasteiger partial charge in [-0.3, -0.25) is 9.10 Å². The Morgan fingerprint density at radius 1 is 1.17 bits per heavy atom. The zero-order chi connectivity index (χ0) is 21.6. The number of benzene rings is 2.